The molecule has 134 valence electrons. The second-order valence-corrected chi connectivity index (χ2v) is 5.49. The Kier molecular flexibility index (Phi) is 6.50. The maximum Gasteiger partial charge on any atom is 0.303 e. The van der Waals surface area contributed by atoms with Crippen LogP contribution in [0.1, 0.15) is 41.8 Å². The first kappa shape index (κ1) is 18.4. The minimum absolute atomic E-state index is 0.0419. The number of carbonyl (C=O) groups is 2. The van der Waals surface area contributed by atoms with Crippen LogP contribution in [0.5, 0.6) is 5.75 Å². The molecule has 0 unspecified atom stereocenters. The number of carboxylic acid groups (broad SMARTS) is 1. The number of hydrogen-bond acceptors (Lipinski definition) is 6. The van der Waals surface area contributed by atoms with Crippen LogP contribution >= 0.6 is 0 Å². The Morgan fingerprint density at radius 2 is 2.00 bits per heavy atom. The van der Waals surface area contributed by atoms with Crippen LogP contribution < -0.4 is 4.74 Å². The zero-order valence-corrected chi connectivity index (χ0v) is 14.3. The van der Waals surface area contributed by atoms with Gasteiger partial charge in [0.05, 0.1) is 0 Å². The lowest BCUT2D eigenvalue weighted by atomic mass is 10.2. The Morgan fingerprint density at radius 3 is 2.60 bits per heavy atom. The molecule has 0 atom stereocenters. The number of aromatic nitrogens is 2. The predicted molar refractivity (Wildman–Crippen MR) is 88.3 cm³/mol. The number of rotatable bonds is 9. The fourth-order valence-electron chi connectivity index (χ4n) is 2.12. The van der Waals surface area contributed by atoms with E-state index in [0.29, 0.717) is 42.4 Å². The Labute approximate surface area is 145 Å². The van der Waals surface area contributed by atoms with Crippen molar-refractivity contribution in [3.8, 4) is 5.75 Å². The summed E-state index contributed by atoms with van der Waals surface area (Å²) < 4.78 is 10.6. The van der Waals surface area contributed by atoms with Gasteiger partial charge in [-0.3, -0.25) is 9.59 Å². The number of nitrogens with zero attached hydrogens (tertiary/aromatic N) is 3. The lowest BCUT2D eigenvalue weighted by Gasteiger charge is -2.16. The average molecular weight is 347 g/mol. The van der Waals surface area contributed by atoms with Crippen LogP contribution in [-0.4, -0.2) is 45.6 Å². The molecule has 1 heterocycles. The van der Waals surface area contributed by atoms with Gasteiger partial charge in [-0.25, -0.2) is 0 Å². The number of amides is 1. The van der Waals surface area contributed by atoms with Gasteiger partial charge in [0.25, 0.3) is 5.91 Å². The largest absolute Gasteiger partial charge is 0.485 e. The Bertz CT molecular complexity index is 711. The van der Waals surface area contributed by atoms with Crippen molar-refractivity contribution in [3.63, 3.8) is 0 Å². The Hall–Kier alpha value is -2.90. The molecule has 1 aromatic heterocycles. The standard InChI is InChI=1S/C17H21N3O5/c1-3-15-18-14(19-25-15)11-24-13-8-6-12(7-9-13)17(23)20(2)10-4-5-16(21)22/h6-9H,3-5,10-11H2,1-2H3,(H,21,22). The van der Waals surface area contributed by atoms with Gasteiger partial charge in [-0.05, 0) is 30.7 Å². The summed E-state index contributed by atoms with van der Waals surface area (Å²) in [6.45, 7) is 2.50. The van der Waals surface area contributed by atoms with Crippen LogP contribution in [0, 0.1) is 0 Å². The molecule has 0 saturated heterocycles. The summed E-state index contributed by atoms with van der Waals surface area (Å²) in [5.41, 5.74) is 0.512. The van der Waals surface area contributed by atoms with E-state index in [1.54, 1.807) is 31.3 Å². The average Bonchev–Trinajstić information content (AvgIpc) is 3.07. The second kappa shape index (κ2) is 8.81. The highest BCUT2D eigenvalue weighted by atomic mass is 16.5. The van der Waals surface area contributed by atoms with Gasteiger partial charge in [0, 0.05) is 32.0 Å². The number of ether oxygens (including phenoxy) is 1. The lowest BCUT2D eigenvalue weighted by molar-refractivity contribution is -0.137. The third kappa shape index (κ3) is 5.59. The van der Waals surface area contributed by atoms with Crippen molar-refractivity contribution >= 4 is 11.9 Å². The first-order valence-corrected chi connectivity index (χ1v) is 8.01. The van der Waals surface area contributed by atoms with Crippen LogP contribution in [0.15, 0.2) is 28.8 Å². The Balaban J connectivity index is 1.85. The fourth-order valence-corrected chi connectivity index (χ4v) is 2.12. The SMILES string of the molecule is CCc1nc(COc2ccc(C(=O)N(C)CCCC(=O)O)cc2)no1. The van der Waals surface area contributed by atoms with E-state index >= 15 is 0 Å². The van der Waals surface area contributed by atoms with E-state index in [-0.39, 0.29) is 18.9 Å². The van der Waals surface area contributed by atoms with Crippen molar-refractivity contribution < 1.29 is 24.0 Å². The van der Waals surface area contributed by atoms with Gasteiger partial charge in [-0.15, -0.1) is 0 Å². The molecule has 25 heavy (non-hydrogen) atoms. The Morgan fingerprint density at radius 1 is 1.28 bits per heavy atom. The summed E-state index contributed by atoms with van der Waals surface area (Å²) in [6.07, 6.45) is 1.13. The molecular formula is C17H21N3O5. The fraction of sp³-hybridized carbons (Fsp3) is 0.412. The van der Waals surface area contributed by atoms with Gasteiger partial charge in [0.2, 0.25) is 11.7 Å². The van der Waals surface area contributed by atoms with E-state index in [9.17, 15) is 9.59 Å². The van der Waals surface area contributed by atoms with Crippen LogP contribution in [-0.2, 0) is 17.8 Å². The molecule has 0 aliphatic carbocycles. The molecule has 0 spiro atoms. The van der Waals surface area contributed by atoms with E-state index < -0.39 is 5.97 Å². The smallest absolute Gasteiger partial charge is 0.303 e. The van der Waals surface area contributed by atoms with Crippen molar-refractivity contribution in [3.05, 3.63) is 41.5 Å². The number of benzene rings is 1. The molecule has 8 nitrogen and oxygen atoms in total. The molecular weight excluding hydrogens is 326 g/mol. The second-order valence-electron chi connectivity index (χ2n) is 5.49. The summed E-state index contributed by atoms with van der Waals surface area (Å²) in [5, 5.41) is 12.4. The number of carboxylic acids is 1. The van der Waals surface area contributed by atoms with Crippen molar-refractivity contribution in [2.75, 3.05) is 13.6 Å². The molecule has 1 aromatic carbocycles. The van der Waals surface area contributed by atoms with E-state index in [2.05, 4.69) is 10.1 Å². The molecule has 0 aliphatic heterocycles. The maximum atomic E-state index is 12.3. The molecule has 0 fully saturated rings. The third-order valence-electron chi connectivity index (χ3n) is 3.51. The van der Waals surface area contributed by atoms with E-state index in [1.165, 1.54) is 4.90 Å². The highest BCUT2D eigenvalue weighted by Gasteiger charge is 2.12. The van der Waals surface area contributed by atoms with Crippen LogP contribution in [0.25, 0.3) is 0 Å². The van der Waals surface area contributed by atoms with Gasteiger partial charge in [0.15, 0.2) is 6.61 Å². The topological polar surface area (TPSA) is 106 Å². The molecule has 0 radical (unpaired) electrons. The molecule has 8 heteroatoms. The van der Waals surface area contributed by atoms with Crippen LogP contribution in [0.4, 0.5) is 0 Å². The van der Waals surface area contributed by atoms with E-state index in [4.69, 9.17) is 14.4 Å². The number of hydrogen-bond donors (Lipinski definition) is 1. The number of aryl methyl sites for hydroxylation is 1. The van der Waals surface area contributed by atoms with Crippen LogP contribution in [0.2, 0.25) is 0 Å². The normalized spacial score (nSPS) is 10.5. The molecule has 1 N–H and O–H groups in total. The summed E-state index contributed by atoms with van der Waals surface area (Å²) in [4.78, 5) is 28.4. The molecule has 2 rings (SSSR count). The molecule has 0 aliphatic rings. The van der Waals surface area contributed by atoms with Crippen molar-refractivity contribution in [2.45, 2.75) is 32.8 Å². The van der Waals surface area contributed by atoms with Gasteiger partial charge in [-0.2, -0.15) is 4.98 Å². The summed E-state index contributed by atoms with van der Waals surface area (Å²) in [6, 6.07) is 6.72. The van der Waals surface area contributed by atoms with Crippen molar-refractivity contribution in [1.29, 1.82) is 0 Å². The van der Waals surface area contributed by atoms with E-state index in [0.717, 1.165) is 0 Å². The zero-order chi connectivity index (χ0) is 18.2. The molecule has 2 aromatic rings. The molecule has 0 bridgehead atoms. The first-order chi connectivity index (χ1) is 12.0. The predicted octanol–water partition coefficient (Wildman–Crippen LogP) is 2.15. The van der Waals surface area contributed by atoms with Gasteiger partial charge < -0.3 is 19.3 Å². The van der Waals surface area contributed by atoms with Gasteiger partial charge >= 0.3 is 5.97 Å². The zero-order valence-electron chi connectivity index (χ0n) is 14.3. The van der Waals surface area contributed by atoms with Crippen molar-refractivity contribution in [2.24, 2.45) is 0 Å². The monoisotopic (exact) mass is 347 g/mol. The molecule has 1 amide bonds. The number of aliphatic carboxylic acids is 1. The highest BCUT2D eigenvalue weighted by Crippen LogP contribution is 2.15. The maximum absolute atomic E-state index is 12.3. The summed E-state index contributed by atoms with van der Waals surface area (Å²) >= 11 is 0. The quantitative estimate of drug-likeness (QED) is 0.741. The minimum atomic E-state index is -0.866. The third-order valence-corrected chi connectivity index (χ3v) is 3.51. The van der Waals surface area contributed by atoms with E-state index in [1.807, 2.05) is 6.92 Å². The van der Waals surface area contributed by atoms with Crippen molar-refractivity contribution in [1.82, 2.24) is 15.0 Å². The van der Waals surface area contributed by atoms with Gasteiger partial charge in [-0.1, -0.05) is 12.1 Å². The first-order valence-electron chi connectivity index (χ1n) is 8.01. The highest BCUT2D eigenvalue weighted by molar-refractivity contribution is 5.94. The summed E-state index contributed by atoms with van der Waals surface area (Å²) in [5.74, 6) is 0.589. The minimum Gasteiger partial charge on any atom is -0.485 e. The van der Waals surface area contributed by atoms with Gasteiger partial charge in [0.1, 0.15) is 5.75 Å². The lowest BCUT2D eigenvalue weighted by Crippen LogP contribution is -2.28. The number of carbonyl (C=O) groups excluding carboxylic acids is 1. The summed E-state index contributed by atoms with van der Waals surface area (Å²) in [7, 11) is 1.65. The molecule has 0 saturated carbocycles. The van der Waals surface area contributed by atoms with Crippen LogP contribution in [0.3, 0.4) is 0 Å².